The first-order chi connectivity index (χ1) is 21.4. The van der Waals surface area contributed by atoms with Crippen molar-refractivity contribution in [2.45, 2.75) is 17.5 Å². The summed E-state index contributed by atoms with van der Waals surface area (Å²) < 4.78 is 16.5. The van der Waals surface area contributed by atoms with Crippen molar-refractivity contribution in [3.8, 4) is 17.2 Å². The molecule has 0 radical (unpaired) electrons. The number of amides is 1. The number of fused-ring (bicyclic) bond motifs is 6. The van der Waals surface area contributed by atoms with Gasteiger partial charge in [0, 0.05) is 23.5 Å². The molecule has 220 valence electrons. The number of ketones is 2. The van der Waals surface area contributed by atoms with E-state index in [0.29, 0.717) is 34.1 Å². The van der Waals surface area contributed by atoms with Crippen molar-refractivity contribution in [3.05, 3.63) is 125 Å². The third kappa shape index (κ3) is 3.80. The normalized spacial score (nSPS) is 22.6. The van der Waals surface area contributed by atoms with Crippen LogP contribution in [-0.2, 0) is 10.2 Å². The van der Waals surface area contributed by atoms with E-state index in [9.17, 15) is 14.4 Å². The minimum absolute atomic E-state index is 0.288. The van der Waals surface area contributed by atoms with Gasteiger partial charge in [0.25, 0.3) is 0 Å². The van der Waals surface area contributed by atoms with Crippen LogP contribution in [0.1, 0.15) is 43.4 Å². The first-order valence-corrected chi connectivity index (χ1v) is 14.3. The lowest BCUT2D eigenvalue weighted by atomic mass is 9.62. The molecule has 0 aromatic heterocycles. The maximum absolute atomic E-state index is 15.0. The molecule has 4 atom stereocenters. The average molecular weight is 587 g/mol. The van der Waals surface area contributed by atoms with Crippen molar-refractivity contribution in [2.75, 3.05) is 26.6 Å². The second-order valence-electron chi connectivity index (χ2n) is 11.1. The Morgan fingerprint density at radius 1 is 0.795 bits per heavy atom. The second kappa shape index (κ2) is 10.4. The highest BCUT2D eigenvalue weighted by Crippen LogP contribution is 2.62. The number of ether oxygens (including phenoxy) is 3. The maximum atomic E-state index is 15.0. The molecule has 4 aromatic rings. The fraction of sp³-hybridized carbons (Fsp3) is 0.194. The summed E-state index contributed by atoms with van der Waals surface area (Å²) in [4.78, 5) is 46.4. The topological polar surface area (TPSA) is 94.2 Å². The summed E-state index contributed by atoms with van der Waals surface area (Å²) in [5.41, 5.74) is 2.30. The van der Waals surface area contributed by atoms with Gasteiger partial charge in [0.15, 0.2) is 11.6 Å². The highest BCUT2D eigenvalue weighted by molar-refractivity contribution is 6.17. The quantitative estimate of drug-likeness (QED) is 0.278. The Morgan fingerprint density at radius 2 is 1.55 bits per heavy atom. The van der Waals surface area contributed by atoms with Crippen LogP contribution in [0, 0.1) is 5.92 Å². The first kappa shape index (κ1) is 27.5. The predicted octanol–water partition coefficient (Wildman–Crippen LogP) is 5.69. The molecule has 0 bridgehead atoms. The van der Waals surface area contributed by atoms with Crippen LogP contribution in [0.2, 0.25) is 0 Å². The molecule has 0 aliphatic carbocycles. The molecular weight excluding hydrogens is 556 g/mol. The largest absolute Gasteiger partial charge is 0.497 e. The van der Waals surface area contributed by atoms with E-state index in [1.165, 1.54) is 21.3 Å². The number of Topliss-reactive ketones (excluding diaryl/α,β-unsaturated/α-hetero) is 2. The third-order valence-electron chi connectivity index (χ3n) is 9.15. The van der Waals surface area contributed by atoms with Crippen molar-refractivity contribution in [2.24, 2.45) is 5.92 Å². The molecule has 8 nitrogen and oxygen atoms in total. The van der Waals surface area contributed by atoms with Gasteiger partial charge in [0.2, 0.25) is 5.91 Å². The highest BCUT2D eigenvalue weighted by Gasteiger charge is 2.70. The fourth-order valence-corrected chi connectivity index (χ4v) is 7.29. The Bertz CT molecular complexity index is 1870. The summed E-state index contributed by atoms with van der Waals surface area (Å²) in [5, 5.41) is 3.07. The number of carbonyl (C=O) groups excluding carboxylic acids is 3. The van der Waals surface area contributed by atoms with E-state index in [1.807, 2.05) is 65.7 Å². The van der Waals surface area contributed by atoms with Crippen LogP contribution in [0.4, 0.5) is 5.69 Å². The van der Waals surface area contributed by atoms with Gasteiger partial charge >= 0.3 is 0 Å². The maximum Gasteiger partial charge on any atom is 0.238 e. The Balaban J connectivity index is 1.53. The molecule has 1 saturated heterocycles. The van der Waals surface area contributed by atoms with Crippen LogP contribution >= 0.6 is 0 Å². The van der Waals surface area contributed by atoms with Crippen molar-refractivity contribution >= 4 is 29.2 Å². The van der Waals surface area contributed by atoms with Crippen molar-refractivity contribution in [1.29, 1.82) is 0 Å². The van der Waals surface area contributed by atoms with Crippen LogP contribution in [-0.4, -0.2) is 49.7 Å². The summed E-state index contributed by atoms with van der Waals surface area (Å²) >= 11 is 0. The zero-order chi connectivity index (χ0) is 30.6. The summed E-state index contributed by atoms with van der Waals surface area (Å²) in [7, 11) is 4.56. The van der Waals surface area contributed by atoms with E-state index >= 15 is 0 Å². The van der Waals surface area contributed by atoms with Crippen molar-refractivity contribution in [3.63, 3.8) is 0 Å². The second-order valence-corrected chi connectivity index (χ2v) is 11.1. The van der Waals surface area contributed by atoms with E-state index in [4.69, 9.17) is 14.2 Å². The number of para-hydroxylation sites is 1. The fourth-order valence-electron chi connectivity index (χ4n) is 7.29. The summed E-state index contributed by atoms with van der Waals surface area (Å²) in [6, 6.07) is 25.4. The Morgan fingerprint density at radius 3 is 2.34 bits per heavy atom. The molecule has 4 aromatic carbocycles. The number of carbonyl (C=O) groups is 3. The summed E-state index contributed by atoms with van der Waals surface area (Å²) in [6.07, 6.45) is 3.78. The lowest BCUT2D eigenvalue weighted by Crippen LogP contribution is -2.49. The first-order valence-electron chi connectivity index (χ1n) is 14.3. The molecule has 1 amide bonds. The van der Waals surface area contributed by atoms with Gasteiger partial charge in [-0.05, 0) is 53.1 Å². The molecule has 0 unspecified atom stereocenters. The van der Waals surface area contributed by atoms with Gasteiger partial charge in [0.05, 0.1) is 38.9 Å². The number of methoxy groups -OCH3 is 3. The van der Waals surface area contributed by atoms with Gasteiger partial charge in [0.1, 0.15) is 28.7 Å². The number of hydrogen-bond acceptors (Lipinski definition) is 7. The highest BCUT2D eigenvalue weighted by atomic mass is 16.5. The Hall–Kier alpha value is -5.37. The van der Waals surface area contributed by atoms with Crippen LogP contribution in [0.3, 0.4) is 0 Å². The number of benzene rings is 4. The van der Waals surface area contributed by atoms with E-state index in [1.54, 1.807) is 42.5 Å². The summed E-state index contributed by atoms with van der Waals surface area (Å²) in [5.74, 6) is -0.760. The average Bonchev–Trinajstić information content (AvgIpc) is 3.55. The number of rotatable bonds is 7. The number of nitrogens with zero attached hydrogens (tertiary/aromatic N) is 1. The van der Waals surface area contributed by atoms with Crippen LogP contribution < -0.4 is 19.5 Å². The van der Waals surface area contributed by atoms with Crippen LogP contribution in [0.15, 0.2) is 97.2 Å². The zero-order valence-electron chi connectivity index (χ0n) is 24.4. The van der Waals surface area contributed by atoms with E-state index < -0.39 is 23.4 Å². The standard InChI is InChI=1S/C36H30N2O6/c1-42-23-11-8-10-22(19-23)32(39)30-31(33(40)26-16-15-24(43-2)20-29(26)44-3)38-18-17-21-9-4-5-12-25(21)34(38)36(30)27-13-6-7-14-28(27)37-35(36)41/h4-20,30-31,34H,1-3H3,(H,37,41)/t30-,31+,34+,36+/m0/s1. The van der Waals surface area contributed by atoms with E-state index in [-0.39, 0.29) is 23.0 Å². The molecule has 0 saturated carbocycles. The van der Waals surface area contributed by atoms with Gasteiger partial charge in [-0.15, -0.1) is 0 Å². The molecule has 3 heterocycles. The molecule has 3 aliphatic heterocycles. The van der Waals surface area contributed by atoms with Gasteiger partial charge in [-0.25, -0.2) is 0 Å². The molecule has 3 aliphatic rings. The Kier molecular flexibility index (Phi) is 6.50. The minimum Gasteiger partial charge on any atom is -0.497 e. The molecule has 8 heteroatoms. The molecule has 1 N–H and O–H groups in total. The zero-order valence-corrected chi connectivity index (χ0v) is 24.4. The monoisotopic (exact) mass is 586 g/mol. The SMILES string of the molecule is COc1cccc(C(=O)[C@@H]2[C@H](C(=O)c3ccc(OC)cc3OC)N3C=Cc4ccccc4[C@@H]3[C@]23C(=O)Nc2ccccc23)c1. The predicted molar refractivity (Wildman–Crippen MR) is 165 cm³/mol. The van der Waals surface area contributed by atoms with Crippen molar-refractivity contribution in [1.82, 2.24) is 4.90 Å². The number of hydrogen-bond donors (Lipinski definition) is 1. The smallest absolute Gasteiger partial charge is 0.238 e. The minimum atomic E-state index is -1.43. The molecule has 7 rings (SSSR count). The number of nitrogens with one attached hydrogen (secondary N) is 1. The van der Waals surface area contributed by atoms with Gasteiger partial charge < -0.3 is 24.4 Å². The third-order valence-corrected chi connectivity index (χ3v) is 9.15. The number of anilines is 1. The lowest BCUT2D eigenvalue weighted by molar-refractivity contribution is -0.122. The molecular formula is C36H30N2O6. The van der Waals surface area contributed by atoms with E-state index in [2.05, 4.69) is 5.32 Å². The molecule has 1 fully saturated rings. The molecule has 44 heavy (non-hydrogen) atoms. The Labute approximate surface area is 254 Å². The van der Waals surface area contributed by atoms with Crippen LogP contribution in [0.5, 0.6) is 17.2 Å². The van der Waals surface area contributed by atoms with Crippen LogP contribution in [0.25, 0.3) is 6.08 Å². The summed E-state index contributed by atoms with van der Waals surface area (Å²) in [6.45, 7) is 0. The van der Waals surface area contributed by atoms with Gasteiger partial charge in [-0.2, -0.15) is 0 Å². The molecule has 1 spiro atoms. The van der Waals surface area contributed by atoms with Gasteiger partial charge in [-0.1, -0.05) is 54.6 Å². The van der Waals surface area contributed by atoms with Gasteiger partial charge in [-0.3, -0.25) is 14.4 Å². The van der Waals surface area contributed by atoms with E-state index in [0.717, 1.165) is 11.1 Å². The lowest BCUT2D eigenvalue weighted by Gasteiger charge is -2.38. The van der Waals surface area contributed by atoms with Crippen molar-refractivity contribution < 1.29 is 28.6 Å².